The maximum Gasteiger partial charge on any atom is 0.164 e. The van der Waals surface area contributed by atoms with E-state index in [-0.39, 0.29) is 0 Å². The van der Waals surface area contributed by atoms with E-state index < -0.39 is 0 Å². The largest absolute Gasteiger partial charge is 0.497 e. The smallest absolute Gasteiger partial charge is 0.164 e. The van der Waals surface area contributed by atoms with Crippen LogP contribution >= 0.6 is 11.8 Å². The molecule has 1 aliphatic heterocycles. The number of hydrogen-bond donors (Lipinski definition) is 0. The standard InChI is InChI=1S/C17H19N3OS/c1-13-10-15(21-2)5-6-16(13)20(17-19-8-9-22-17)12-14-4-3-7-18-11-14/h3-7,10-11H,8-9,12H2,1-2H3. The van der Waals surface area contributed by atoms with Gasteiger partial charge in [0.2, 0.25) is 0 Å². The van der Waals surface area contributed by atoms with Gasteiger partial charge in [0, 0.05) is 23.8 Å². The molecule has 1 aromatic carbocycles. The van der Waals surface area contributed by atoms with E-state index in [0.29, 0.717) is 0 Å². The predicted molar refractivity (Wildman–Crippen MR) is 92.9 cm³/mol. The van der Waals surface area contributed by atoms with Crippen molar-refractivity contribution >= 4 is 22.6 Å². The number of nitrogens with zero attached hydrogens (tertiary/aromatic N) is 3. The summed E-state index contributed by atoms with van der Waals surface area (Å²) in [5.74, 6) is 1.93. The summed E-state index contributed by atoms with van der Waals surface area (Å²) in [5.41, 5.74) is 3.52. The fraction of sp³-hybridized carbons (Fsp3) is 0.294. The first kappa shape index (κ1) is 14.9. The third-order valence-electron chi connectivity index (χ3n) is 3.56. The molecule has 0 N–H and O–H groups in total. The molecule has 22 heavy (non-hydrogen) atoms. The topological polar surface area (TPSA) is 37.7 Å². The summed E-state index contributed by atoms with van der Waals surface area (Å²) >= 11 is 1.81. The molecule has 114 valence electrons. The van der Waals surface area contributed by atoms with E-state index in [1.807, 2.05) is 30.1 Å². The Morgan fingerprint density at radius 3 is 2.86 bits per heavy atom. The zero-order valence-electron chi connectivity index (χ0n) is 12.8. The molecule has 0 saturated carbocycles. The van der Waals surface area contributed by atoms with Crippen LogP contribution in [0.15, 0.2) is 47.7 Å². The molecule has 2 heterocycles. The summed E-state index contributed by atoms with van der Waals surface area (Å²) in [6.45, 7) is 3.76. The summed E-state index contributed by atoms with van der Waals surface area (Å²) in [6, 6.07) is 10.2. The Kier molecular flexibility index (Phi) is 4.63. The van der Waals surface area contributed by atoms with Crippen molar-refractivity contribution in [3.05, 3.63) is 53.9 Å². The Hall–Kier alpha value is -2.01. The number of pyridine rings is 1. The zero-order valence-corrected chi connectivity index (χ0v) is 13.6. The molecular formula is C17H19N3OS. The number of ether oxygens (including phenoxy) is 1. The van der Waals surface area contributed by atoms with Gasteiger partial charge in [-0.05, 0) is 42.3 Å². The summed E-state index contributed by atoms with van der Waals surface area (Å²) < 4.78 is 5.31. The van der Waals surface area contributed by atoms with Crippen molar-refractivity contribution < 1.29 is 4.74 Å². The lowest BCUT2D eigenvalue weighted by molar-refractivity contribution is 0.414. The van der Waals surface area contributed by atoms with Crippen LogP contribution in [0.4, 0.5) is 5.69 Å². The first-order valence-electron chi connectivity index (χ1n) is 7.26. The average molecular weight is 313 g/mol. The molecule has 0 fully saturated rings. The highest BCUT2D eigenvalue weighted by atomic mass is 32.2. The third kappa shape index (κ3) is 3.25. The second kappa shape index (κ2) is 6.83. The third-order valence-corrected chi connectivity index (χ3v) is 4.55. The van der Waals surface area contributed by atoms with Gasteiger partial charge in [-0.25, -0.2) is 0 Å². The Morgan fingerprint density at radius 2 is 2.23 bits per heavy atom. The molecule has 0 spiro atoms. The quantitative estimate of drug-likeness (QED) is 0.866. The lowest BCUT2D eigenvalue weighted by Gasteiger charge is -2.26. The number of anilines is 1. The van der Waals surface area contributed by atoms with Crippen LogP contribution in [0.5, 0.6) is 5.75 Å². The normalized spacial score (nSPS) is 13.8. The number of rotatable bonds is 4. The highest BCUT2D eigenvalue weighted by Crippen LogP contribution is 2.30. The maximum absolute atomic E-state index is 5.31. The molecule has 0 bridgehead atoms. The second-order valence-electron chi connectivity index (χ2n) is 5.11. The average Bonchev–Trinajstić information content (AvgIpc) is 3.08. The Bertz CT molecular complexity index is 673. The van der Waals surface area contributed by atoms with Crippen LogP contribution < -0.4 is 9.64 Å². The first-order valence-corrected chi connectivity index (χ1v) is 8.25. The van der Waals surface area contributed by atoms with Crippen molar-refractivity contribution in [2.75, 3.05) is 24.3 Å². The molecule has 4 nitrogen and oxygen atoms in total. The SMILES string of the molecule is COc1ccc(N(Cc2cccnc2)C2=NCCS2)c(C)c1. The number of aliphatic imine (C=N–C) groups is 1. The van der Waals surface area contributed by atoms with Gasteiger partial charge in [-0.15, -0.1) is 0 Å². The molecule has 5 heteroatoms. The van der Waals surface area contributed by atoms with E-state index in [1.54, 1.807) is 13.3 Å². The predicted octanol–water partition coefficient (Wildman–Crippen LogP) is 3.51. The minimum Gasteiger partial charge on any atom is -0.497 e. The van der Waals surface area contributed by atoms with Crippen LogP contribution in [-0.4, -0.2) is 29.6 Å². The molecule has 0 unspecified atom stereocenters. The highest BCUT2D eigenvalue weighted by molar-refractivity contribution is 8.14. The molecule has 2 aromatic rings. The molecular weight excluding hydrogens is 294 g/mol. The molecule has 1 aliphatic rings. The van der Waals surface area contributed by atoms with Crippen LogP contribution in [-0.2, 0) is 6.54 Å². The second-order valence-corrected chi connectivity index (χ2v) is 6.17. The maximum atomic E-state index is 5.31. The Labute approximate surface area is 135 Å². The number of amidine groups is 1. The summed E-state index contributed by atoms with van der Waals surface area (Å²) in [6.07, 6.45) is 3.71. The summed E-state index contributed by atoms with van der Waals surface area (Å²) in [7, 11) is 1.69. The molecule has 0 radical (unpaired) electrons. The first-order chi connectivity index (χ1) is 10.8. The van der Waals surface area contributed by atoms with Crippen LogP contribution in [0, 0.1) is 6.92 Å². The van der Waals surface area contributed by atoms with Crippen molar-refractivity contribution in [2.24, 2.45) is 4.99 Å². The minimum atomic E-state index is 0.771. The zero-order chi connectivity index (χ0) is 15.4. The summed E-state index contributed by atoms with van der Waals surface area (Å²) in [4.78, 5) is 11.1. The fourth-order valence-corrected chi connectivity index (χ4v) is 3.34. The van der Waals surface area contributed by atoms with Crippen molar-refractivity contribution in [2.45, 2.75) is 13.5 Å². The number of methoxy groups -OCH3 is 1. The number of aryl methyl sites for hydroxylation is 1. The van der Waals surface area contributed by atoms with Gasteiger partial charge in [0.15, 0.2) is 5.17 Å². The number of benzene rings is 1. The van der Waals surface area contributed by atoms with Crippen LogP contribution in [0.2, 0.25) is 0 Å². The number of aromatic nitrogens is 1. The van der Waals surface area contributed by atoms with E-state index in [0.717, 1.165) is 35.4 Å². The van der Waals surface area contributed by atoms with Gasteiger partial charge in [0.1, 0.15) is 5.75 Å². The van der Waals surface area contributed by atoms with E-state index in [4.69, 9.17) is 4.74 Å². The Morgan fingerprint density at radius 1 is 1.32 bits per heavy atom. The number of hydrogen-bond acceptors (Lipinski definition) is 5. The van der Waals surface area contributed by atoms with Gasteiger partial charge < -0.3 is 9.64 Å². The van der Waals surface area contributed by atoms with Crippen molar-refractivity contribution in [1.82, 2.24) is 4.98 Å². The Balaban J connectivity index is 1.95. The monoisotopic (exact) mass is 313 g/mol. The van der Waals surface area contributed by atoms with Crippen LogP contribution in [0.25, 0.3) is 0 Å². The van der Waals surface area contributed by atoms with E-state index >= 15 is 0 Å². The molecule has 0 amide bonds. The molecule has 0 atom stereocenters. The summed E-state index contributed by atoms with van der Waals surface area (Å²) in [5, 5.41) is 1.08. The van der Waals surface area contributed by atoms with Gasteiger partial charge in [-0.3, -0.25) is 9.98 Å². The van der Waals surface area contributed by atoms with Gasteiger partial charge in [-0.2, -0.15) is 0 Å². The highest BCUT2D eigenvalue weighted by Gasteiger charge is 2.20. The van der Waals surface area contributed by atoms with Gasteiger partial charge in [-0.1, -0.05) is 17.8 Å². The van der Waals surface area contributed by atoms with E-state index in [2.05, 4.69) is 40.0 Å². The van der Waals surface area contributed by atoms with Crippen LogP contribution in [0.3, 0.4) is 0 Å². The van der Waals surface area contributed by atoms with Crippen molar-refractivity contribution in [3.8, 4) is 5.75 Å². The lowest BCUT2D eigenvalue weighted by Crippen LogP contribution is -2.27. The van der Waals surface area contributed by atoms with Gasteiger partial charge in [0.25, 0.3) is 0 Å². The number of thioether (sulfide) groups is 1. The lowest BCUT2D eigenvalue weighted by atomic mass is 10.1. The van der Waals surface area contributed by atoms with Crippen molar-refractivity contribution in [1.29, 1.82) is 0 Å². The van der Waals surface area contributed by atoms with E-state index in [1.165, 1.54) is 11.1 Å². The van der Waals surface area contributed by atoms with Crippen LogP contribution in [0.1, 0.15) is 11.1 Å². The van der Waals surface area contributed by atoms with Gasteiger partial charge in [0.05, 0.1) is 20.2 Å². The molecule has 3 rings (SSSR count). The van der Waals surface area contributed by atoms with Gasteiger partial charge >= 0.3 is 0 Å². The molecule has 0 aliphatic carbocycles. The minimum absolute atomic E-state index is 0.771. The molecule has 0 saturated heterocycles. The van der Waals surface area contributed by atoms with E-state index in [9.17, 15) is 0 Å². The molecule has 1 aromatic heterocycles. The van der Waals surface area contributed by atoms with Crippen molar-refractivity contribution in [3.63, 3.8) is 0 Å². The fourth-order valence-electron chi connectivity index (χ4n) is 2.47.